The van der Waals surface area contributed by atoms with E-state index in [1.807, 2.05) is 0 Å². The molecule has 0 aliphatic carbocycles. The molecule has 0 saturated carbocycles. The van der Waals surface area contributed by atoms with Gasteiger partial charge in [-0.25, -0.2) is 4.68 Å². The minimum atomic E-state index is -0.265. The quantitative estimate of drug-likeness (QED) is 0.594. The lowest BCUT2D eigenvalue weighted by atomic mass is 10.1. The molecule has 2 rings (SSSR count). The number of carbonyl (C=O) groups is 2. The van der Waals surface area contributed by atoms with Crippen molar-refractivity contribution in [2.45, 2.75) is 24.0 Å². The summed E-state index contributed by atoms with van der Waals surface area (Å²) in [6.45, 7) is 4.86. The van der Waals surface area contributed by atoms with Crippen LogP contribution in [0.1, 0.15) is 12.8 Å². The lowest BCUT2D eigenvalue weighted by molar-refractivity contribution is -0.121. The summed E-state index contributed by atoms with van der Waals surface area (Å²) in [5.74, 6) is 0.0272. The summed E-state index contributed by atoms with van der Waals surface area (Å²) in [5.41, 5.74) is 0. The van der Waals surface area contributed by atoms with E-state index < -0.39 is 0 Å². The van der Waals surface area contributed by atoms with Crippen LogP contribution in [0.15, 0.2) is 17.8 Å². The number of amides is 1. The Morgan fingerprint density at radius 1 is 1.62 bits per heavy atom. The first kappa shape index (κ1) is 15.6. The molecule has 0 unspecified atom stereocenters. The highest BCUT2D eigenvalue weighted by molar-refractivity contribution is 8.13. The Morgan fingerprint density at radius 3 is 3.00 bits per heavy atom. The molecule has 2 heterocycles. The standard InChI is InChI=1S/C12H18N6O2S/c1-3-7-18(8-10(19)9-5-4-6-13-9)12(20)21-11-14-15-16-17(11)2/h3,9,13H,1,4-8H2,2H3/t9-/m0/s1. The van der Waals surface area contributed by atoms with Gasteiger partial charge in [0.25, 0.3) is 5.24 Å². The van der Waals surface area contributed by atoms with Gasteiger partial charge in [-0.1, -0.05) is 6.08 Å². The maximum Gasteiger partial charge on any atom is 0.290 e. The molecule has 1 atom stereocenters. The van der Waals surface area contributed by atoms with E-state index in [9.17, 15) is 9.59 Å². The molecule has 21 heavy (non-hydrogen) atoms. The molecule has 1 N–H and O–H groups in total. The zero-order valence-corrected chi connectivity index (χ0v) is 12.7. The van der Waals surface area contributed by atoms with Gasteiger partial charge in [-0.2, -0.15) is 0 Å². The van der Waals surface area contributed by atoms with Crippen LogP contribution >= 0.6 is 11.8 Å². The van der Waals surface area contributed by atoms with Gasteiger partial charge in [-0.15, -0.1) is 11.7 Å². The number of nitrogens with one attached hydrogen (secondary N) is 1. The number of hydrogen-bond acceptors (Lipinski definition) is 7. The second-order valence-corrected chi connectivity index (χ2v) is 5.66. The predicted molar refractivity (Wildman–Crippen MR) is 77.9 cm³/mol. The molecule has 0 spiro atoms. The van der Waals surface area contributed by atoms with Gasteiger partial charge in [0.2, 0.25) is 5.16 Å². The van der Waals surface area contributed by atoms with Crippen LogP contribution in [0.4, 0.5) is 4.79 Å². The van der Waals surface area contributed by atoms with E-state index in [-0.39, 0.29) is 23.6 Å². The Kier molecular flexibility index (Phi) is 5.45. The molecule has 1 amide bonds. The van der Waals surface area contributed by atoms with Gasteiger partial charge in [0, 0.05) is 25.4 Å². The second-order valence-electron chi connectivity index (χ2n) is 4.74. The molecule has 114 valence electrons. The first-order valence-electron chi connectivity index (χ1n) is 6.68. The van der Waals surface area contributed by atoms with Crippen LogP contribution < -0.4 is 5.32 Å². The van der Waals surface area contributed by atoms with Crippen molar-refractivity contribution in [3.8, 4) is 0 Å². The molecule has 1 aromatic heterocycles. The minimum Gasteiger partial charge on any atom is -0.322 e. The SMILES string of the molecule is C=CCN(CC(=O)[C@@H]1CCCN1)C(=O)Sc1nnnn1C. The molecule has 1 aliphatic heterocycles. The molecule has 1 aliphatic rings. The largest absolute Gasteiger partial charge is 0.322 e. The van der Waals surface area contributed by atoms with Crippen LogP contribution in [0.25, 0.3) is 0 Å². The number of carbonyl (C=O) groups excluding carboxylic acids is 2. The number of nitrogens with zero attached hydrogens (tertiary/aromatic N) is 5. The Hall–Kier alpha value is -1.74. The highest BCUT2D eigenvalue weighted by atomic mass is 32.2. The van der Waals surface area contributed by atoms with Crippen LogP contribution in [-0.4, -0.2) is 61.8 Å². The lowest BCUT2D eigenvalue weighted by Crippen LogP contribution is -2.41. The molecule has 1 saturated heterocycles. The van der Waals surface area contributed by atoms with Gasteiger partial charge in [0.05, 0.1) is 12.6 Å². The van der Waals surface area contributed by atoms with Crippen LogP contribution in [0.5, 0.6) is 0 Å². The van der Waals surface area contributed by atoms with Crippen molar-refractivity contribution in [1.82, 2.24) is 30.4 Å². The van der Waals surface area contributed by atoms with E-state index in [1.165, 1.54) is 9.58 Å². The first-order chi connectivity index (χ1) is 10.1. The van der Waals surface area contributed by atoms with Crippen LogP contribution in [-0.2, 0) is 11.8 Å². The van der Waals surface area contributed by atoms with E-state index in [2.05, 4.69) is 27.4 Å². The van der Waals surface area contributed by atoms with Crippen molar-refractivity contribution >= 4 is 22.8 Å². The summed E-state index contributed by atoms with van der Waals surface area (Å²) >= 11 is 0.903. The lowest BCUT2D eigenvalue weighted by Gasteiger charge is -2.21. The monoisotopic (exact) mass is 310 g/mol. The number of ketones is 1. The molecular weight excluding hydrogens is 292 g/mol. The fraction of sp³-hybridized carbons (Fsp3) is 0.583. The molecule has 9 heteroatoms. The average Bonchev–Trinajstić information content (AvgIpc) is 3.11. The van der Waals surface area contributed by atoms with Gasteiger partial charge in [-0.05, 0) is 29.8 Å². The summed E-state index contributed by atoms with van der Waals surface area (Å²) < 4.78 is 1.41. The fourth-order valence-corrected chi connectivity index (χ4v) is 2.74. The van der Waals surface area contributed by atoms with Crippen molar-refractivity contribution < 1.29 is 9.59 Å². The summed E-state index contributed by atoms with van der Waals surface area (Å²) in [4.78, 5) is 25.9. The Bertz CT molecular complexity index is 526. The molecule has 0 radical (unpaired) electrons. The molecule has 1 fully saturated rings. The maximum absolute atomic E-state index is 12.3. The Labute approximate surface area is 126 Å². The van der Waals surface area contributed by atoms with Gasteiger partial charge in [0.15, 0.2) is 5.78 Å². The summed E-state index contributed by atoms with van der Waals surface area (Å²) in [5, 5.41) is 14.2. The molecule has 0 aromatic carbocycles. The van der Waals surface area contributed by atoms with E-state index in [0.717, 1.165) is 31.1 Å². The van der Waals surface area contributed by atoms with E-state index in [0.29, 0.717) is 11.7 Å². The van der Waals surface area contributed by atoms with Crippen molar-refractivity contribution in [3.63, 3.8) is 0 Å². The number of hydrogen-bond donors (Lipinski definition) is 1. The van der Waals surface area contributed by atoms with Crippen molar-refractivity contribution in [3.05, 3.63) is 12.7 Å². The third kappa shape index (κ3) is 4.11. The molecule has 1 aromatic rings. The Morgan fingerprint density at radius 2 is 2.43 bits per heavy atom. The van der Waals surface area contributed by atoms with Gasteiger partial charge in [-0.3, -0.25) is 9.59 Å². The smallest absolute Gasteiger partial charge is 0.290 e. The topological polar surface area (TPSA) is 93.0 Å². The van der Waals surface area contributed by atoms with Crippen molar-refractivity contribution in [1.29, 1.82) is 0 Å². The molecular formula is C12H18N6O2S. The van der Waals surface area contributed by atoms with Gasteiger partial charge >= 0.3 is 0 Å². The minimum absolute atomic E-state index is 0.0272. The third-order valence-corrected chi connectivity index (χ3v) is 4.12. The molecule has 0 bridgehead atoms. The number of rotatable bonds is 6. The molecule has 8 nitrogen and oxygen atoms in total. The third-order valence-electron chi connectivity index (χ3n) is 3.16. The number of aromatic nitrogens is 4. The predicted octanol–water partition coefficient (Wildman–Crippen LogP) is 0.231. The van der Waals surface area contributed by atoms with Crippen LogP contribution in [0.2, 0.25) is 0 Å². The summed E-state index contributed by atoms with van der Waals surface area (Å²) in [6.07, 6.45) is 3.42. The summed E-state index contributed by atoms with van der Waals surface area (Å²) in [7, 11) is 1.65. The Balaban J connectivity index is 1.96. The number of Topliss-reactive ketones (excluding diaryl/α,β-unsaturated/α-hetero) is 1. The first-order valence-corrected chi connectivity index (χ1v) is 7.49. The van der Waals surface area contributed by atoms with E-state index in [1.54, 1.807) is 13.1 Å². The van der Waals surface area contributed by atoms with Gasteiger partial charge < -0.3 is 10.2 Å². The summed E-state index contributed by atoms with van der Waals surface area (Å²) in [6, 6.07) is -0.147. The number of tetrazole rings is 1. The van der Waals surface area contributed by atoms with Crippen LogP contribution in [0.3, 0.4) is 0 Å². The highest BCUT2D eigenvalue weighted by Crippen LogP contribution is 2.18. The maximum atomic E-state index is 12.3. The van der Waals surface area contributed by atoms with E-state index in [4.69, 9.17) is 0 Å². The fourth-order valence-electron chi connectivity index (χ4n) is 2.07. The second kappa shape index (κ2) is 7.32. The number of thioether (sulfide) groups is 1. The zero-order chi connectivity index (χ0) is 15.2. The highest BCUT2D eigenvalue weighted by Gasteiger charge is 2.26. The van der Waals surface area contributed by atoms with Crippen molar-refractivity contribution in [2.24, 2.45) is 7.05 Å². The number of aryl methyl sites for hydroxylation is 1. The average molecular weight is 310 g/mol. The zero-order valence-electron chi connectivity index (χ0n) is 11.9. The van der Waals surface area contributed by atoms with E-state index >= 15 is 0 Å². The normalized spacial score (nSPS) is 17.7. The van der Waals surface area contributed by atoms with Gasteiger partial charge in [0.1, 0.15) is 0 Å². The van der Waals surface area contributed by atoms with Crippen molar-refractivity contribution in [2.75, 3.05) is 19.6 Å². The van der Waals surface area contributed by atoms with Crippen LogP contribution in [0, 0.1) is 0 Å².